The fourth-order valence-corrected chi connectivity index (χ4v) is 4.48. The molecule has 0 bridgehead atoms. The summed E-state index contributed by atoms with van der Waals surface area (Å²) in [5.74, 6) is -0.224. The normalized spacial score (nSPS) is 18.4. The van der Waals surface area contributed by atoms with Gasteiger partial charge in [0.15, 0.2) is 0 Å². The molecule has 0 aliphatic carbocycles. The van der Waals surface area contributed by atoms with Crippen LogP contribution in [0.15, 0.2) is 16.3 Å². The van der Waals surface area contributed by atoms with Crippen LogP contribution in [0.2, 0.25) is 0 Å². The van der Waals surface area contributed by atoms with Gasteiger partial charge in [0.2, 0.25) is 10.0 Å². The summed E-state index contributed by atoms with van der Waals surface area (Å²) in [6.07, 6.45) is 0.829. The molecule has 2 rings (SSSR count). The van der Waals surface area contributed by atoms with Crippen LogP contribution in [-0.2, 0) is 14.8 Å². The van der Waals surface area contributed by atoms with Gasteiger partial charge in [-0.3, -0.25) is 4.79 Å². The minimum absolute atomic E-state index is 0.0684. The van der Waals surface area contributed by atoms with E-state index in [1.165, 1.54) is 15.8 Å². The van der Waals surface area contributed by atoms with Crippen LogP contribution in [0.25, 0.3) is 0 Å². The molecule has 1 atom stereocenters. The number of ether oxygens (including phenoxy) is 1. The monoisotopic (exact) mass is 332 g/mol. The minimum Gasteiger partial charge on any atom is -0.379 e. The van der Waals surface area contributed by atoms with Gasteiger partial charge in [0.05, 0.1) is 23.0 Å². The number of rotatable bonds is 5. The van der Waals surface area contributed by atoms with Gasteiger partial charge in [0.25, 0.3) is 5.91 Å². The molecule has 0 aromatic carbocycles. The van der Waals surface area contributed by atoms with Crippen molar-refractivity contribution >= 4 is 27.3 Å². The van der Waals surface area contributed by atoms with Crippen molar-refractivity contribution in [3.05, 3.63) is 16.3 Å². The van der Waals surface area contributed by atoms with Gasteiger partial charge >= 0.3 is 0 Å². The molecule has 1 amide bonds. The van der Waals surface area contributed by atoms with E-state index in [4.69, 9.17) is 4.74 Å². The predicted octanol–water partition coefficient (Wildman–Crippen LogP) is 1.30. The highest BCUT2D eigenvalue weighted by molar-refractivity contribution is 7.89. The number of amides is 1. The van der Waals surface area contributed by atoms with Gasteiger partial charge in [0, 0.05) is 24.5 Å². The Hall–Kier alpha value is -0.960. The van der Waals surface area contributed by atoms with Gasteiger partial charge in [-0.2, -0.15) is 4.31 Å². The molecule has 1 saturated heterocycles. The van der Waals surface area contributed by atoms with Crippen LogP contribution in [-0.4, -0.2) is 51.0 Å². The summed E-state index contributed by atoms with van der Waals surface area (Å²) in [6.45, 7) is 5.42. The van der Waals surface area contributed by atoms with Crippen LogP contribution in [0.5, 0.6) is 0 Å². The van der Waals surface area contributed by atoms with Crippen molar-refractivity contribution in [3.8, 4) is 0 Å². The third-order valence-electron chi connectivity index (χ3n) is 3.40. The van der Waals surface area contributed by atoms with Crippen molar-refractivity contribution in [3.63, 3.8) is 0 Å². The second-order valence-electron chi connectivity index (χ2n) is 4.95. The van der Waals surface area contributed by atoms with Gasteiger partial charge in [-0.05, 0) is 19.4 Å². The zero-order valence-corrected chi connectivity index (χ0v) is 13.8. The van der Waals surface area contributed by atoms with E-state index in [1.54, 1.807) is 0 Å². The van der Waals surface area contributed by atoms with Gasteiger partial charge in [-0.25, -0.2) is 8.42 Å². The summed E-state index contributed by atoms with van der Waals surface area (Å²) < 4.78 is 31.5. The topological polar surface area (TPSA) is 75.7 Å². The molecule has 21 heavy (non-hydrogen) atoms. The number of carbonyl (C=O) groups is 1. The zero-order chi connectivity index (χ0) is 15.5. The van der Waals surface area contributed by atoms with Crippen molar-refractivity contribution < 1.29 is 17.9 Å². The Morgan fingerprint density at radius 1 is 1.48 bits per heavy atom. The van der Waals surface area contributed by atoms with E-state index in [1.807, 2.05) is 13.8 Å². The largest absolute Gasteiger partial charge is 0.379 e. The lowest BCUT2D eigenvalue weighted by molar-refractivity contribution is 0.0730. The third kappa shape index (κ3) is 3.82. The van der Waals surface area contributed by atoms with Crippen LogP contribution in [0.3, 0.4) is 0 Å². The van der Waals surface area contributed by atoms with Crippen LogP contribution >= 0.6 is 11.3 Å². The highest BCUT2D eigenvalue weighted by atomic mass is 32.2. The quantitative estimate of drug-likeness (QED) is 0.882. The Bertz CT molecular complexity index is 591. The average Bonchev–Trinajstić information content (AvgIpc) is 2.98. The van der Waals surface area contributed by atoms with Gasteiger partial charge < -0.3 is 10.1 Å². The van der Waals surface area contributed by atoms with Gasteiger partial charge in [0.1, 0.15) is 0 Å². The van der Waals surface area contributed by atoms with Crippen LogP contribution < -0.4 is 5.32 Å². The molecule has 0 spiro atoms. The standard InChI is InChI=1S/C13H20N2O4S2/c1-3-10(2)14-13(16)12-8-11(9-20-12)21(17,18)15-4-6-19-7-5-15/h8-10H,3-7H2,1-2H3,(H,14,16)/t10-/m1/s1. The van der Waals surface area contributed by atoms with Gasteiger partial charge in [-0.1, -0.05) is 6.92 Å². The Morgan fingerprint density at radius 2 is 2.14 bits per heavy atom. The van der Waals surface area contributed by atoms with E-state index in [2.05, 4.69) is 5.32 Å². The molecule has 1 N–H and O–H groups in total. The summed E-state index contributed by atoms with van der Waals surface area (Å²) in [5, 5.41) is 4.36. The van der Waals surface area contributed by atoms with Crippen LogP contribution in [0.4, 0.5) is 0 Å². The maximum atomic E-state index is 12.4. The smallest absolute Gasteiger partial charge is 0.261 e. The minimum atomic E-state index is -3.53. The van der Waals surface area contributed by atoms with Crippen LogP contribution in [0.1, 0.15) is 29.9 Å². The first-order valence-electron chi connectivity index (χ1n) is 6.92. The SMILES string of the molecule is CC[C@@H](C)NC(=O)c1cc(S(=O)(=O)N2CCOCC2)cs1. The number of thiophene rings is 1. The maximum Gasteiger partial charge on any atom is 0.261 e. The van der Waals surface area contributed by atoms with E-state index >= 15 is 0 Å². The maximum absolute atomic E-state index is 12.4. The van der Waals surface area contributed by atoms with E-state index in [9.17, 15) is 13.2 Å². The third-order valence-corrected chi connectivity index (χ3v) is 6.35. The number of nitrogens with one attached hydrogen (secondary N) is 1. The van der Waals surface area contributed by atoms with Crippen molar-refractivity contribution in [2.75, 3.05) is 26.3 Å². The highest BCUT2D eigenvalue weighted by Crippen LogP contribution is 2.23. The molecule has 1 aromatic heterocycles. The second kappa shape index (κ2) is 6.87. The fraction of sp³-hybridized carbons (Fsp3) is 0.615. The number of nitrogens with zero attached hydrogens (tertiary/aromatic N) is 1. The molecule has 6 nitrogen and oxygen atoms in total. The first-order valence-corrected chi connectivity index (χ1v) is 9.24. The Morgan fingerprint density at radius 3 is 2.76 bits per heavy atom. The number of sulfonamides is 1. The second-order valence-corrected chi connectivity index (χ2v) is 7.80. The molecule has 1 aliphatic heterocycles. The number of carbonyl (C=O) groups excluding carboxylic acids is 1. The zero-order valence-electron chi connectivity index (χ0n) is 12.2. The Labute approximate surface area is 129 Å². The summed E-state index contributed by atoms with van der Waals surface area (Å²) in [4.78, 5) is 12.6. The molecular formula is C13H20N2O4S2. The molecule has 0 unspecified atom stereocenters. The van der Waals surface area contributed by atoms with E-state index < -0.39 is 10.0 Å². The van der Waals surface area contributed by atoms with Crippen LogP contribution in [0, 0.1) is 0 Å². The molecule has 1 fully saturated rings. The summed E-state index contributed by atoms with van der Waals surface area (Å²) in [5.41, 5.74) is 0. The molecule has 1 aliphatic rings. The summed E-state index contributed by atoms with van der Waals surface area (Å²) in [7, 11) is -3.53. The van der Waals surface area contributed by atoms with E-state index in [0.29, 0.717) is 31.2 Å². The Balaban J connectivity index is 2.13. The number of hydrogen-bond acceptors (Lipinski definition) is 5. The van der Waals surface area contributed by atoms with Crippen molar-refractivity contribution in [1.29, 1.82) is 0 Å². The lowest BCUT2D eigenvalue weighted by Gasteiger charge is -2.25. The molecule has 0 radical (unpaired) electrons. The first kappa shape index (κ1) is 16.4. The fourth-order valence-electron chi connectivity index (χ4n) is 1.91. The lowest BCUT2D eigenvalue weighted by atomic mass is 10.2. The molecule has 118 valence electrons. The summed E-state index contributed by atoms with van der Waals surface area (Å²) >= 11 is 1.15. The average molecular weight is 332 g/mol. The first-order chi connectivity index (χ1) is 9.95. The number of hydrogen-bond donors (Lipinski definition) is 1. The number of morpholine rings is 1. The van der Waals surface area contributed by atoms with Crippen molar-refractivity contribution in [2.45, 2.75) is 31.2 Å². The molecule has 1 aromatic rings. The molecule has 0 saturated carbocycles. The lowest BCUT2D eigenvalue weighted by Crippen LogP contribution is -2.40. The van der Waals surface area contributed by atoms with Crippen molar-refractivity contribution in [1.82, 2.24) is 9.62 Å². The molecule has 2 heterocycles. The molecule has 8 heteroatoms. The van der Waals surface area contributed by atoms with Crippen molar-refractivity contribution in [2.24, 2.45) is 0 Å². The van der Waals surface area contributed by atoms with E-state index in [-0.39, 0.29) is 16.8 Å². The molecular weight excluding hydrogens is 312 g/mol. The highest BCUT2D eigenvalue weighted by Gasteiger charge is 2.28. The van der Waals surface area contributed by atoms with Gasteiger partial charge in [-0.15, -0.1) is 11.3 Å². The Kier molecular flexibility index (Phi) is 5.37. The summed E-state index contributed by atoms with van der Waals surface area (Å²) in [6, 6.07) is 1.52. The predicted molar refractivity (Wildman–Crippen MR) is 81.1 cm³/mol. The van der Waals surface area contributed by atoms with E-state index in [0.717, 1.165) is 17.8 Å².